The van der Waals surface area contributed by atoms with E-state index in [1.165, 1.54) is 18.4 Å². The quantitative estimate of drug-likeness (QED) is 0.885. The summed E-state index contributed by atoms with van der Waals surface area (Å²) < 4.78 is 1.76. The van der Waals surface area contributed by atoms with Gasteiger partial charge in [0.05, 0.1) is 6.20 Å². The van der Waals surface area contributed by atoms with Gasteiger partial charge in [0.25, 0.3) is 0 Å². The number of piperidine rings is 1. The van der Waals surface area contributed by atoms with Gasteiger partial charge in [0.15, 0.2) is 0 Å². The number of phenolic OH excluding ortho intramolecular Hbond substituents is 1. The molecule has 0 saturated carbocycles. The third-order valence-electron chi connectivity index (χ3n) is 3.75. The monoisotopic (exact) mass is 257 g/mol. The summed E-state index contributed by atoms with van der Waals surface area (Å²) in [5, 5.41) is 17.6. The number of aromatic hydroxyl groups is 1. The maximum absolute atomic E-state index is 9.83. The number of aromatic nitrogens is 2. The summed E-state index contributed by atoms with van der Waals surface area (Å²) in [5.74, 6) is 1.02. The van der Waals surface area contributed by atoms with E-state index in [2.05, 4.69) is 10.4 Å². The Hall–Kier alpha value is -1.81. The van der Waals surface area contributed by atoms with Crippen LogP contribution in [0.1, 0.15) is 18.4 Å². The molecular formula is C15H19N3O. The van der Waals surface area contributed by atoms with Crippen LogP contribution in [-0.2, 0) is 6.42 Å². The summed E-state index contributed by atoms with van der Waals surface area (Å²) >= 11 is 0. The van der Waals surface area contributed by atoms with Crippen LogP contribution in [0.4, 0.5) is 0 Å². The zero-order valence-corrected chi connectivity index (χ0v) is 10.9. The molecule has 0 unspecified atom stereocenters. The third-order valence-corrected chi connectivity index (χ3v) is 3.75. The van der Waals surface area contributed by atoms with Gasteiger partial charge < -0.3 is 10.4 Å². The molecule has 0 spiro atoms. The Morgan fingerprint density at radius 1 is 1.26 bits per heavy atom. The van der Waals surface area contributed by atoms with Crippen molar-refractivity contribution in [1.82, 2.24) is 15.1 Å². The normalized spacial score (nSPS) is 16.6. The molecule has 1 aliphatic rings. The average molecular weight is 257 g/mol. The van der Waals surface area contributed by atoms with Crippen molar-refractivity contribution in [1.29, 1.82) is 0 Å². The van der Waals surface area contributed by atoms with Gasteiger partial charge in [0.1, 0.15) is 11.4 Å². The van der Waals surface area contributed by atoms with Gasteiger partial charge in [0.2, 0.25) is 0 Å². The molecule has 19 heavy (non-hydrogen) atoms. The third kappa shape index (κ3) is 2.79. The highest BCUT2D eigenvalue weighted by atomic mass is 16.3. The predicted molar refractivity (Wildman–Crippen MR) is 74.5 cm³/mol. The molecule has 0 aliphatic carbocycles. The first kappa shape index (κ1) is 12.2. The minimum atomic E-state index is 0.263. The van der Waals surface area contributed by atoms with Crippen LogP contribution in [0.2, 0.25) is 0 Å². The lowest BCUT2D eigenvalue weighted by Crippen LogP contribution is -2.28. The Bertz CT molecular complexity index is 544. The predicted octanol–water partition coefficient (Wildman–Crippen LogP) is 2.12. The molecule has 1 fully saturated rings. The number of nitrogens with one attached hydrogen (secondary N) is 1. The first-order valence-corrected chi connectivity index (χ1v) is 6.85. The van der Waals surface area contributed by atoms with Crippen molar-refractivity contribution in [3.05, 3.63) is 42.2 Å². The number of nitrogens with zero attached hydrogens (tertiary/aromatic N) is 2. The minimum absolute atomic E-state index is 0.263. The van der Waals surface area contributed by atoms with E-state index in [1.54, 1.807) is 10.7 Å². The fraction of sp³-hybridized carbons (Fsp3) is 0.400. The molecule has 1 aromatic carbocycles. The largest absolute Gasteiger partial charge is 0.506 e. The van der Waals surface area contributed by atoms with E-state index < -0.39 is 0 Å². The van der Waals surface area contributed by atoms with E-state index in [0.717, 1.165) is 31.1 Å². The highest BCUT2D eigenvalue weighted by Gasteiger charge is 2.14. The Morgan fingerprint density at radius 3 is 2.84 bits per heavy atom. The number of hydrogen-bond acceptors (Lipinski definition) is 3. The van der Waals surface area contributed by atoms with Crippen molar-refractivity contribution in [3.63, 3.8) is 0 Å². The first-order chi connectivity index (χ1) is 9.33. The fourth-order valence-corrected chi connectivity index (χ4v) is 2.67. The molecule has 0 radical (unpaired) electrons. The SMILES string of the molecule is Oc1ccccc1-n1cc(CC2CCNCC2)cn1. The molecule has 0 amide bonds. The second-order valence-corrected chi connectivity index (χ2v) is 5.18. The Labute approximate surface area is 113 Å². The van der Waals surface area contributed by atoms with Crippen LogP contribution in [0.15, 0.2) is 36.7 Å². The summed E-state index contributed by atoms with van der Waals surface area (Å²) in [4.78, 5) is 0. The molecule has 0 atom stereocenters. The summed E-state index contributed by atoms with van der Waals surface area (Å²) in [7, 11) is 0. The molecular weight excluding hydrogens is 238 g/mol. The van der Waals surface area contributed by atoms with E-state index in [-0.39, 0.29) is 5.75 Å². The molecule has 4 nitrogen and oxygen atoms in total. The Balaban J connectivity index is 1.74. The lowest BCUT2D eigenvalue weighted by molar-refractivity contribution is 0.372. The second-order valence-electron chi connectivity index (χ2n) is 5.18. The van der Waals surface area contributed by atoms with E-state index >= 15 is 0 Å². The lowest BCUT2D eigenvalue weighted by Gasteiger charge is -2.21. The van der Waals surface area contributed by atoms with Crippen LogP contribution >= 0.6 is 0 Å². The van der Waals surface area contributed by atoms with Gasteiger partial charge in [-0.3, -0.25) is 0 Å². The van der Waals surface area contributed by atoms with E-state index in [1.807, 2.05) is 30.6 Å². The van der Waals surface area contributed by atoms with Crippen molar-refractivity contribution in [2.75, 3.05) is 13.1 Å². The zero-order chi connectivity index (χ0) is 13.1. The molecule has 3 rings (SSSR count). The molecule has 100 valence electrons. The molecule has 1 aromatic heterocycles. The Morgan fingerprint density at radius 2 is 2.05 bits per heavy atom. The molecule has 4 heteroatoms. The molecule has 1 saturated heterocycles. The minimum Gasteiger partial charge on any atom is -0.506 e. The fourth-order valence-electron chi connectivity index (χ4n) is 2.67. The van der Waals surface area contributed by atoms with Crippen molar-refractivity contribution < 1.29 is 5.11 Å². The van der Waals surface area contributed by atoms with E-state index in [4.69, 9.17) is 0 Å². The van der Waals surface area contributed by atoms with Gasteiger partial charge in [-0.1, -0.05) is 12.1 Å². The maximum atomic E-state index is 9.83. The zero-order valence-electron chi connectivity index (χ0n) is 10.9. The van der Waals surface area contributed by atoms with Gasteiger partial charge in [0, 0.05) is 6.20 Å². The summed E-state index contributed by atoms with van der Waals surface area (Å²) in [6, 6.07) is 7.28. The molecule has 0 bridgehead atoms. The van der Waals surface area contributed by atoms with Crippen molar-refractivity contribution in [2.45, 2.75) is 19.3 Å². The first-order valence-electron chi connectivity index (χ1n) is 6.85. The summed E-state index contributed by atoms with van der Waals surface area (Å²) in [5.41, 5.74) is 1.98. The van der Waals surface area contributed by atoms with Crippen LogP contribution in [-0.4, -0.2) is 28.0 Å². The van der Waals surface area contributed by atoms with Crippen LogP contribution < -0.4 is 5.32 Å². The van der Waals surface area contributed by atoms with Crippen LogP contribution in [0.3, 0.4) is 0 Å². The number of para-hydroxylation sites is 2. The van der Waals surface area contributed by atoms with Crippen molar-refractivity contribution >= 4 is 0 Å². The van der Waals surface area contributed by atoms with Crippen LogP contribution in [0.5, 0.6) is 5.75 Å². The van der Waals surface area contributed by atoms with E-state index in [0.29, 0.717) is 0 Å². The van der Waals surface area contributed by atoms with Crippen molar-refractivity contribution in [3.8, 4) is 11.4 Å². The number of phenols is 1. The number of benzene rings is 1. The summed E-state index contributed by atoms with van der Waals surface area (Å²) in [6.07, 6.45) is 7.49. The smallest absolute Gasteiger partial charge is 0.141 e. The highest BCUT2D eigenvalue weighted by molar-refractivity contribution is 5.44. The molecule has 2 heterocycles. The van der Waals surface area contributed by atoms with Crippen molar-refractivity contribution in [2.24, 2.45) is 5.92 Å². The Kier molecular flexibility index (Phi) is 3.51. The lowest BCUT2D eigenvalue weighted by atomic mass is 9.92. The second kappa shape index (κ2) is 5.45. The molecule has 1 aliphatic heterocycles. The number of hydrogen-bond donors (Lipinski definition) is 2. The average Bonchev–Trinajstić information content (AvgIpc) is 2.89. The van der Waals surface area contributed by atoms with Gasteiger partial charge in [-0.25, -0.2) is 4.68 Å². The topological polar surface area (TPSA) is 50.1 Å². The maximum Gasteiger partial charge on any atom is 0.141 e. The molecule has 2 aromatic rings. The van der Waals surface area contributed by atoms with Crippen LogP contribution in [0.25, 0.3) is 5.69 Å². The summed E-state index contributed by atoms with van der Waals surface area (Å²) in [6.45, 7) is 2.25. The highest BCUT2D eigenvalue weighted by Crippen LogP contribution is 2.22. The van der Waals surface area contributed by atoms with Gasteiger partial charge in [-0.15, -0.1) is 0 Å². The van der Waals surface area contributed by atoms with E-state index in [9.17, 15) is 5.11 Å². The van der Waals surface area contributed by atoms with Gasteiger partial charge >= 0.3 is 0 Å². The van der Waals surface area contributed by atoms with Gasteiger partial charge in [-0.05, 0) is 56.0 Å². The van der Waals surface area contributed by atoms with Gasteiger partial charge in [-0.2, -0.15) is 5.10 Å². The van der Waals surface area contributed by atoms with Crippen LogP contribution in [0, 0.1) is 5.92 Å². The molecule has 2 N–H and O–H groups in total. The standard InChI is InChI=1S/C15H19N3O/c19-15-4-2-1-3-14(15)18-11-13(10-17-18)9-12-5-7-16-8-6-12/h1-4,10-12,16,19H,5-9H2. The number of rotatable bonds is 3.